The van der Waals surface area contributed by atoms with Crippen molar-refractivity contribution in [2.45, 2.75) is 25.6 Å². The molecule has 1 saturated heterocycles. The van der Waals surface area contributed by atoms with Crippen LogP contribution in [0.2, 0.25) is 0 Å². The van der Waals surface area contributed by atoms with E-state index in [0.717, 1.165) is 12.8 Å². The number of ether oxygens (including phenoxy) is 4. The van der Waals surface area contributed by atoms with Crippen LogP contribution in [0.25, 0.3) is 0 Å². The number of amides is 2. The fraction of sp³-hybridized carbons (Fsp3) is 0.500. The van der Waals surface area contributed by atoms with Gasteiger partial charge in [0.25, 0.3) is 5.91 Å². The standard InChI is InChI=1S/C20H26N2O6/c1-25-16-11-14(20(24)21-12-18-27-7-8-28-18)10-15(19(16)26-2)22-17(23)9-13-5-3-4-6-13/h3,5,10-11,13,18H,4,6-9,12H2,1-2H3,(H,21,24)(H,22,23). The van der Waals surface area contributed by atoms with Gasteiger partial charge in [-0.1, -0.05) is 12.2 Å². The Morgan fingerprint density at radius 2 is 1.96 bits per heavy atom. The molecule has 0 spiro atoms. The van der Waals surface area contributed by atoms with E-state index in [1.807, 2.05) is 0 Å². The van der Waals surface area contributed by atoms with Crippen LogP contribution in [-0.4, -0.2) is 52.1 Å². The number of benzene rings is 1. The van der Waals surface area contributed by atoms with Crippen LogP contribution >= 0.6 is 0 Å². The van der Waals surface area contributed by atoms with Gasteiger partial charge in [0, 0.05) is 12.0 Å². The smallest absolute Gasteiger partial charge is 0.251 e. The summed E-state index contributed by atoms with van der Waals surface area (Å²) in [6.07, 6.45) is 6.07. The third-order valence-electron chi connectivity index (χ3n) is 4.70. The average Bonchev–Trinajstić information content (AvgIpc) is 3.39. The summed E-state index contributed by atoms with van der Waals surface area (Å²) >= 11 is 0. The molecule has 0 saturated carbocycles. The van der Waals surface area contributed by atoms with E-state index in [2.05, 4.69) is 22.8 Å². The number of carbonyl (C=O) groups excluding carboxylic acids is 2. The minimum atomic E-state index is -0.442. The molecule has 0 radical (unpaired) electrons. The Kier molecular flexibility index (Phi) is 6.89. The van der Waals surface area contributed by atoms with Crippen LogP contribution in [0.3, 0.4) is 0 Å². The van der Waals surface area contributed by atoms with Crippen molar-refractivity contribution in [2.24, 2.45) is 5.92 Å². The molecule has 8 heteroatoms. The Hall–Kier alpha value is -2.58. The maximum absolute atomic E-state index is 12.5. The molecule has 2 aliphatic rings. The highest BCUT2D eigenvalue weighted by Gasteiger charge is 2.21. The third-order valence-corrected chi connectivity index (χ3v) is 4.70. The summed E-state index contributed by atoms with van der Waals surface area (Å²) in [5.74, 6) is 0.513. The van der Waals surface area contributed by atoms with E-state index in [1.165, 1.54) is 14.2 Å². The van der Waals surface area contributed by atoms with E-state index in [4.69, 9.17) is 18.9 Å². The Labute approximate surface area is 164 Å². The monoisotopic (exact) mass is 390 g/mol. The van der Waals surface area contributed by atoms with Gasteiger partial charge in [0.2, 0.25) is 5.91 Å². The zero-order valence-corrected chi connectivity index (χ0v) is 16.2. The molecule has 1 aliphatic heterocycles. The molecule has 2 amide bonds. The fourth-order valence-corrected chi connectivity index (χ4v) is 3.30. The maximum Gasteiger partial charge on any atom is 0.251 e. The van der Waals surface area contributed by atoms with Crippen LogP contribution in [0.1, 0.15) is 29.6 Å². The predicted molar refractivity (Wildman–Crippen MR) is 103 cm³/mol. The second-order valence-corrected chi connectivity index (χ2v) is 6.66. The van der Waals surface area contributed by atoms with Gasteiger partial charge in [0.15, 0.2) is 17.8 Å². The molecular weight excluding hydrogens is 364 g/mol. The summed E-state index contributed by atoms with van der Waals surface area (Å²) in [4.78, 5) is 25.0. The summed E-state index contributed by atoms with van der Waals surface area (Å²) in [5.41, 5.74) is 0.735. The summed E-state index contributed by atoms with van der Waals surface area (Å²) in [5, 5.41) is 5.61. The van der Waals surface area contributed by atoms with Gasteiger partial charge in [0.05, 0.1) is 39.7 Å². The van der Waals surface area contributed by atoms with Gasteiger partial charge in [-0.2, -0.15) is 0 Å². The average molecular weight is 390 g/mol. The number of hydrogen-bond donors (Lipinski definition) is 2. The number of allylic oxidation sites excluding steroid dienone is 2. The first-order valence-corrected chi connectivity index (χ1v) is 9.34. The van der Waals surface area contributed by atoms with Crippen molar-refractivity contribution in [3.63, 3.8) is 0 Å². The van der Waals surface area contributed by atoms with Crippen LogP contribution in [0, 0.1) is 5.92 Å². The molecule has 1 heterocycles. The van der Waals surface area contributed by atoms with Crippen LogP contribution in [0.15, 0.2) is 24.3 Å². The highest BCUT2D eigenvalue weighted by Crippen LogP contribution is 2.37. The van der Waals surface area contributed by atoms with E-state index >= 15 is 0 Å². The van der Waals surface area contributed by atoms with Gasteiger partial charge in [0.1, 0.15) is 0 Å². The van der Waals surface area contributed by atoms with Crippen molar-refractivity contribution in [3.8, 4) is 11.5 Å². The quantitative estimate of drug-likeness (QED) is 0.660. The number of methoxy groups -OCH3 is 2. The van der Waals surface area contributed by atoms with Gasteiger partial charge in [-0.05, 0) is 30.9 Å². The SMILES string of the molecule is COc1cc(C(=O)NCC2OCCO2)cc(NC(=O)CC2C=CCC2)c1OC. The Morgan fingerprint density at radius 3 is 2.61 bits per heavy atom. The van der Waals surface area contributed by atoms with E-state index in [-0.39, 0.29) is 24.3 Å². The summed E-state index contributed by atoms with van der Waals surface area (Å²) in [6, 6.07) is 3.15. The number of hydrogen-bond acceptors (Lipinski definition) is 6. The molecular formula is C20H26N2O6. The van der Waals surface area contributed by atoms with Gasteiger partial charge in [-0.3, -0.25) is 9.59 Å². The first-order chi connectivity index (χ1) is 13.6. The lowest BCUT2D eigenvalue weighted by atomic mass is 10.0. The molecule has 28 heavy (non-hydrogen) atoms. The lowest BCUT2D eigenvalue weighted by molar-refractivity contribution is -0.116. The number of anilines is 1. The van der Waals surface area contributed by atoms with E-state index in [0.29, 0.717) is 42.4 Å². The molecule has 1 aliphatic carbocycles. The molecule has 1 fully saturated rings. The minimum absolute atomic E-state index is 0.137. The Bertz CT molecular complexity index is 742. The molecule has 2 N–H and O–H groups in total. The van der Waals surface area contributed by atoms with Crippen molar-refractivity contribution in [1.29, 1.82) is 0 Å². The Morgan fingerprint density at radius 1 is 1.18 bits per heavy atom. The van der Waals surface area contributed by atoms with Crippen LogP contribution in [0.5, 0.6) is 11.5 Å². The van der Waals surface area contributed by atoms with Crippen molar-refractivity contribution in [2.75, 3.05) is 39.3 Å². The molecule has 1 aromatic carbocycles. The molecule has 1 unspecified atom stereocenters. The first-order valence-electron chi connectivity index (χ1n) is 9.34. The fourth-order valence-electron chi connectivity index (χ4n) is 3.30. The Balaban J connectivity index is 1.73. The summed E-state index contributed by atoms with van der Waals surface area (Å²) in [7, 11) is 2.97. The van der Waals surface area contributed by atoms with Gasteiger partial charge < -0.3 is 29.6 Å². The highest BCUT2D eigenvalue weighted by atomic mass is 16.7. The normalized spacial score (nSPS) is 18.9. The second-order valence-electron chi connectivity index (χ2n) is 6.66. The largest absolute Gasteiger partial charge is 0.493 e. The molecule has 3 rings (SSSR count). The number of nitrogens with one attached hydrogen (secondary N) is 2. The van der Waals surface area contributed by atoms with E-state index < -0.39 is 6.29 Å². The molecule has 8 nitrogen and oxygen atoms in total. The molecule has 152 valence electrons. The maximum atomic E-state index is 12.5. The van der Waals surface area contributed by atoms with Gasteiger partial charge in [-0.15, -0.1) is 0 Å². The van der Waals surface area contributed by atoms with Crippen molar-refractivity contribution < 1.29 is 28.5 Å². The topological polar surface area (TPSA) is 95.1 Å². The zero-order valence-electron chi connectivity index (χ0n) is 16.2. The van der Waals surface area contributed by atoms with Gasteiger partial charge >= 0.3 is 0 Å². The zero-order chi connectivity index (χ0) is 19.9. The lowest BCUT2D eigenvalue weighted by Gasteiger charge is -2.17. The van der Waals surface area contributed by atoms with E-state index in [1.54, 1.807) is 12.1 Å². The van der Waals surface area contributed by atoms with Crippen molar-refractivity contribution in [1.82, 2.24) is 5.32 Å². The van der Waals surface area contributed by atoms with Crippen LogP contribution < -0.4 is 20.1 Å². The first kappa shape index (κ1) is 20.2. The molecule has 0 bridgehead atoms. The van der Waals surface area contributed by atoms with Crippen LogP contribution in [0.4, 0.5) is 5.69 Å². The summed E-state index contributed by atoms with van der Waals surface area (Å²) < 4.78 is 21.4. The molecule has 1 aromatic rings. The molecule has 0 aromatic heterocycles. The predicted octanol–water partition coefficient (Wildman–Crippen LogP) is 2.10. The molecule has 1 atom stereocenters. The number of rotatable bonds is 8. The van der Waals surface area contributed by atoms with Crippen LogP contribution in [-0.2, 0) is 14.3 Å². The van der Waals surface area contributed by atoms with Crippen molar-refractivity contribution >= 4 is 17.5 Å². The number of carbonyl (C=O) groups is 2. The minimum Gasteiger partial charge on any atom is -0.493 e. The lowest BCUT2D eigenvalue weighted by Crippen LogP contribution is -2.32. The van der Waals surface area contributed by atoms with Crippen molar-refractivity contribution in [3.05, 3.63) is 29.8 Å². The van der Waals surface area contributed by atoms with E-state index in [9.17, 15) is 9.59 Å². The van der Waals surface area contributed by atoms with Gasteiger partial charge in [-0.25, -0.2) is 0 Å². The summed E-state index contributed by atoms with van der Waals surface area (Å²) in [6.45, 7) is 1.27. The third kappa shape index (κ3) is 5.02. The second kappa shape index (κ2) is 9.57. The highest BCUT2D eigenvalue weighted by molar-refractivity contribution is 5.99.